The van der Waals surface area contributed by atoms with Gasteiger partial charge in [-0.2, -0.15) is 0 Å². The monoisotopic (exact) mass is 487 g/mol. The van der Waals surface area contributed by atoms with Crippen molar-refractivity contribution >= 4 is 28.5 Å². The summed E-state index contributed by atoms with van der Waals surface area (Å²) in [5.41, 5.74) is 2.03. The van der Waals surface area contributed by atoms with Crippen molar-refractivity contribution in [2.24, 2.45) is 0 Å². The Morgan fingerprint density at radius 2 is 1.53 bits per heavy atom. The smallest absolute Gasteiger partial charge is 0.242 e. The van der Waals surface area contributed by atoms with E-state index in [0.29, 0.717) is 39.0 Å². The lowest BCUT2D eigenvalue weighted by atomic mass is 10.0. The molecule has 1 aliphatic heterocycles. The maximum Gasteiger partial charge on any atom is 0.242 e. The molecular formula is C29H33N3O4. The first kappa shape index (κ1) is 25.2. The Morgan fingerprint density at radius 3 is 2.28 bits per heavy atom. The van der Waals surface area contributed by atoms with E-state index in [2.05, 4.69) is 5.32 Å². The van der Waals surface area contributed by atoms with Crippen molar-refractivity contribution in [1.82, 2.24) is 15.1 Å². The van der Waals surface area contributed by atoms with Gasteiger partial charge in [0.15, 0.2) is 0 Å². The highest BCUT2D eigenvalue weighted by Gasteiger charge is 2.22. The minimum absolute atomic E-state index is 0.0327. The number of amides is 3. The summed E-state index contributed by atoms with van der Waals surface area (Å²) in [7, 11) is 1.63. The van der Waals surface area contributed by atoms with E-state index < -0.39 is 0 Å². The third-order valence-electron chi connectivity index (χ3n) is 6.66. The van der Waals surface area contributed by atoms with Gasteiger partial charge in [-0.25, -0.2) is 0 Å². The number of methoxy groups -OCH3 is 1. The summed E-state index contributed by atoms with van der Waals surface area (Å²) >= 11 is 0. The van der Waals surface area contributed by atoms with Gasteiger partial charge in [0.1, 0.15) is 5.75 Å². The SMILES string of the molecule is COc1ccc(CCC(=O)N2CCCN(C(=O)CNC(=O)Cc3cccc4ccccc34)CC2)cc1. The number of nitrogens with one attached hydrogen (secondary N) is 1. The number of benzene rings is 3. The number of fused-ring (bicyclic) bond motifs is 1. The second-order valence-corrected chi connectivity index (χ2v) is 9.05. The molecule has 0 radical (unpaired) electrons. The van der Waals surface area contributed by atoms with Crippen LogP contribution in [0.5, 0.6) is 5.75 Å². The summed E-state index contributed by atoms with van der Waals surface area (Å²) in [6.45, 7) is 2.18. The minimum atomic E-state index is -0.176. The fraction of sp³-hybridized carbons (Fsp3) is 0.345. The molecule has 188 valence electrons. The summed E-state index contributed by atoms with van der Waals surface area (Å²) in [5, 5.41) is 4.91. The number of aryl methyl sites for hydroxylation is 1. The second-order valence-electron chi connectivity index (χ2n) is 9.05. The van der Waals surface area contributed by atoms with E-state index in [-0.39, 0.29) is 30.7 Å². The Labute approximate surface area is 212 Å². The molecule has 0 saturated carbocycles. The van der Waals surface area contributed by atoms with E-state index in [0.717, 1.165) is 34.1 Å². The molecule has 0 atom stereocenters. The van der Waals surface area contributed by atoms with Crippen LogP contribution in [0.2, 0.25) is 0 Å². The molecule has 0 unspecified atom stereocenters. The molecule has 4 rings (SSSR count). The van der Waals surface area contributed by atoms with Crippen molar-refractivity contribution in [2.75, 3.05) is 39.8 Å². The van der Waals surface area contributed by atoms with Crippen LogP contribution in [0.25, 0.3) is 10.8 Å². The largest absolute Gasteiger partial charge is 0.497 e. The van der Waals surface area contributed by atoms with Crippen molar-refractivity contribution in [3.05, 3.63) is 77.9 Å². The molecule has 1 heterocycles. The minimum Gasteiger partial charge on any atom is -0.497 e. The average Bonchev–Trinajstić information content (AvgIpc) is 3.17. The Balaban J connectivity index is 1.21. The van der Waals surface area contributed by atoms with Crippen molar-refractivity contribution in [1.29, 1.82) is 0 Å². The van der Waals surface area contributed by atoms with Gasteiger partial charge >= 0.3 is 0 Å². The van der Waals surface area contributed by atoms with E-state index >= 15 is 0 Å². The molecule has 3 aromatic rings. The second kappa shape index (κ2) is 12.2. The van der Waals surface area contributed by atoms with Crippen LogP contribution in [0.1, 0.15) is 24.0 Å². The molecule has 1 aliphatic rings. The number of carbonyl (C=O) groups is 3. The summed E-state index contributed by atoms with van der Waals surface area (Å²) in [6.07, 6.45) is 2.06. The molecule has 7 nitrogen and oxygen atoms in total. The molecule has 3 amide bonds. The molecule has 36 heavy (non-hydrogen) atoms. The Bertz CT molecular complexity index is 1200. The van der Waals surface area contributed by atoms with Crippen LogP contribution in [-0.2, 0) is 27.2 Å². The number of nitrogens with zero attached hydrogens (tertiary/aromatic N) is 2. The number of hydrogen-bond acceptors (Lipinski definition) is 4. The standard InChI is InChI=1S/C29H33N3O4/c1-36-25-13-10-22(11-14-25)12-15-28(34)31-16-5-17-32(19-18-31)29(35)21-30-27(33)20-24-8-4-7-23-6-2-3-9-26(23)24/h2-4,6-11,13-14H,5,12,15-21H2,1H3,(H,30,33). The maximum absolute atomic E-state index is 12.8. The summed E-state index contributed by atoms with van der Waals surface area (Å²) in [4.78, 5) is 41.6. The van der Waals surface area contributed by atoms with Crippen LogP contribution in [0, 0.1) is 0 Å². The number of hydrogen-bond donors (Lipinski definition) is 1. The molecular weight excluding hydrogens is 454 g/mol. The highest BCUT2D eigenvalue weighted by atomic mass is 16.5. The zero-order valence-electron chi connectivity index (χ0n) is 20.7. The van der Waals surface area contributed by atoms with Crippen LogP contribution in [0.4, 0.5) is 0 Å². The molecule has 0 spiro atoms. The van der Waals surface area contributed by atoms with Crippen LogP contribution in [0.3, 0.4) is 0 Å². The molecule has 1 fully saturated rings. The summed E-state index contributed by atoms with van der Waals surface area (Å²) in [5.74, 6) is 0.606. The zero-order chi connectivity index (χ0) is 25.3. The first-order chi connectivity index (χ1) is 17.5. The van der Waals surface area contributed by atoms with Gasteiger partial charge in [-0.15, -0.1) is 0 Å². The number of rotatable bonds is 8. The van der Waals surface area contributed by atoms with E-state index in [4.69, 9.17) is 4.74 Å². The topological polar surface area (TPSA) is 79.0 Å². The lowest BCUT2D eigenvalue weighted by Gasteiger charge is -2.22. The van der Waals surface area contributed by atoms with Gasteiger partial charge in [-0.3, -0.25) is 14.4 Å². The zero-order valence-corrected chi connectivity index (χ0v) is 20.7. The van der Waals surface area contributed by atoms with E-state index in [1.54, 1.807) is 12.0 Å². The van der Waals surface area contributed by atoms with Gasteiger partial charge < -0.3 is 19.9 Å². The molecule has 1 N–H and O–H groups in total. The predicted octanol–water partition coefficient (Wildman–Crippen LogP) is 3.20. The van der Waals surface area contributed by atoms with E-state index in [9.17, 15) is 14.4 Å². The first-order valence-electron chi connectivity index (χ1n) is 12.5. The Kier molecular flexibility index (Phi) is 8.55. The van der Waals surface area contributed by atoms with Crippen LogP contribution in [-0.4, -0.2) is 67.4 Å². The first-order valence-corrected chi connectivity index (χ1v) is 12.5. The molecule has 0 aliphatic carbocycles. The Hall–Kier alpha value is -3.87. The van der Waals surface area contributed by atoms with E-state index in [1.807, 2.05) is 71.6 Å². The van der Waals surface area contributed by atoms with Crippen molar-refractivity contribution in [2.45, 2.75) is 25.7 Å². The quantitative estimate of drug-likeness (QED) is 0.529. The number of carbonyl (C=O) groups excluding carboxylic acids is 3. The van der Waals surface area contributed by atoms with Gasteiger partial charge in [0.05, 0.1) is 20.1 Å². The van der Waals surface area contributed by atoms with Gasteiger partial charge in [0, 0.05) is 32.6 Å². The van der Waals surface area contributed by atoms with Crippen LogP contribution < -0.4 is 10.1 Å². The molecule has 0 aromatic heterocycles. The normalized spacial score (nSPS) is 13.8. The molecule has 7 heteroatoms. The van der Waals surface area contributed by atoms with Crippen molar-refractivity contribution in [3.63, 3.8) is 0 Å². The highest BCUT2D eigenvalue weighted by Crippen LogP contribution is 2.19. The molecule has 3 aromatic carbocycles. The van der Waals surface area contributed by atoms with Crippen LogP contribution >= 0.6 is 0 Å². The van der Waals surface area contributed by atoms with Crippen LogP contribution in [0.15, 0.2) is 66.7 Å². The van der Waals surface area contributed by atoms with Crippen molar-refractivity contribution < 1.29 is 19.1 Å². The maximum atomic E-state index is 12.8. The van der Waals surface area contributed by atoms with Crippen molar-refractivity contribution in [3.8, 4) is 5.75 Å². The van der Waals surface area contributed by atoms with Gasteiger partial charge in [0.25, 0.3) is 0 Å². The third kappa shape index (κ3) is 6.62. The molecule has 1 saturated heterocycles. The Morgan fingerprint density at radius 1 is 0.833 bits per heavy atom. The van der Waals surface area contributed by atoms with Gasteiger partial charge in [-0.05, 0) is 46.9 Å². The lowest BCUT2D eigenvalue weighted by molar-refractivity contribution is -0.133. The van der Waals surface area contributed by atoms with Gasteiger partial charge in [-0.1, -0.05) is 54.6 Å². The third-order valence-corrected chi connectivity index (χ3v) is 6.66. The summed E-state index contributed by atoms with van der Waals surface area (Å²) < 4.78 is 5.18. The fourth-order valence-corrected chi connectivity index (χ4v) is 4.59. The average molecular weight is 488 g/mol. The fourth-order valence-electron chi connectivity index (χ4n) is 4.59. The molecule has 0 bridgehead atoms. The highest BCUT2D eigenvalue weighted by molar-refractivity contribution is 5.91. The number of ether oxygens (including phenoxy) is 1. The van der Waals surface area contributed by atoms with Gasteiger partial charge in [0.2, 0.25) is 17.7 Å². The summed E-state index contributed by atoms with van der Waals surface area (Å²) in [6, 6.07) is 21.6. The van der Waals surface area contributed by atoms with E-state index in [1.165, 1.54) is 0 Å². The predicted molar refractivity (Wildman–Crippen MR) is 140 cm³/mol. The lowest BCUT2D eigenvalue weighted by Crippen LogP contribution is -2.42.